The van der Waals surface area contributed by atoms with Crippen LogP contribution in [0.25, 0.3) is 0 Å². The highest BCUT2D eigenvalue weighted by atomic mass is 79.9. The predicted molar refractivity (Wildman–Crippen MR) is 64.1 cm³/mol. The lowest BCUT2D eigenvalue weighted by Gasteiger charge is -2.14. The Morgan fingerprint density at radius 3 is 2.53 bits per heavy atom. The van der Waals surface area contributed by atoms with E-state index >= 15 is 0 Å². The van der Waals surface area contributed by atoms with Crippen LogP contribution in [0.5, 0.6) is 11.5 Å². The summed E-state index contributed by atoms with van der Waals surface area (Å²) in [5.41, 5.74) is 0.576. The van der Waals surface area contributed by atoms with Crippen molar-refractivity contribution in [2.75, 3.05) is 20.5 Å². The topological polar surface area (TPSA) is 47.9 Å². The minimum Gasteiger partial charge on any atom is -0.493 e. The fourth-order valence-electron chi connectivity index (χ4n) is 1.26. The number of hydrogen-bond acceptors (Lipinski definition) is 4. The lowest BCUT2D eigenvalue weighted by atomic mass is 10.2. The zero-order valence-electron chi connectivity index (χ0n) is 9.96. The van der Waals surface area contributed by atoms with Crippen LogP contribution in [0.4, 0.5) is 13.2 Å². The highest BCUT2D eigenvalue weighted by molar-refractivity contribution is 9.10. The van der Waals surface area contributed by atoms with Crippen molar-refractivity contribution in [1.82, 2.24) is 0 Å². The summed E-state index contributed by atoms with van der Waals surface area (Å²) in [4.78, 5) is 0. The second-order valence-corrected chi connectivity index (χ2v) is 4.35. The molecule has 0 heterocycles. The molecule has 0 radical (unpaired) electrons. The smallest absolute Gasteiger partial charge is 0.411 e. The second-order valence-electron chi connectivity index (χ2n) is 3.49. The molecule has 0 saturated carbocycles. The third-order valence-corrected chi connectivity index (χ3v) is 2.61. The van der Waals surface area contributed by atoms with Gasteiger partial charge in [-0.2, -0.15) is 13.2 Å². The molecular weight excluding hydrogens is 333 g/mol. The fraction of sp³-hybridized carbons (Fsp3) is 0.455. The van der Waals surface area contributed by atoms with Gasteiger partial charge in [0.1, 0.15) is 6.61 Å². The van der Waals surface area contributed by atoms with Crippen LogP contribution in [0, 0.1) is 0 Å². The van der Waals surface area contributed by atoms with E-state index < -0.39 is 19.6 Å². The quantitative estimate of drug-likeness (QED) is 0.636. The molecule has 0 atom stereocenters. The number of methoxy groups -OCH3 is 1. The third-order valence-electron chi connectivity index (χ3n) is 2.02. The average Bonchev–Trinajstić information content (AvgIpc) is 2.34. The number of alkyl halides is 3. The molecule has 0 aliphatic heterocycles. The summed E-state index contributed by atoms with van der Waals surface area (Å²) in [7, 11) is 1.38. The van der Waals surface area contributed by atoms with Gasteiger partial charge in [0.15, 0.2) is 18.3 Å². The Bertz CT molecular complexity index is 423. The molecule has 8 heteroatoms. The Kier molecular flexibility index (Phi) is 5.89. The van der Waals surface area contributed by atoms with Crippen molar-refractivity contribution in [1.29, 1.82) is 0 Å². The van der Waals surface area contributed by atoms with Gasteiger partial charge in [0.05, 0.1) is 18.2 Å². The largest absolute Gasteiger partial charge is 0.493 e. The van der Waals surface area contributed by atoms with Crippen molar-refractivity contribution >= 4 is 15.9 Å². The molecule has 1 aromatic rings. The maximum atomic E-state index is 11.9. The summed E-state index contributed by atoms with van der Waals surface area (Å²) in [6, 6.07) is 3.09. The molecule has 0 aromatic heterocycles. The van der Waals surface area contributed by atoms with Crippen LogP contribution in [0.15, 0.2) is 16.6 Å². The Labute approximate surface area is 116 Å². The molecule has 1 N–H and O–H groups in total. The average molecular weight is 345 g/mol. The first-order valence-electron chi connectivity index (χ1n) is 5.12. The number of ether oxygens (including phenoxy) is 3. The predicted octanol–water partition coefficient (Wildman–Crippen LogP) is 2.87. The molecule has 0 bridgehead atoms. The van der Waals surface area contributed by atoms with E-state index in [-0.39, 0.29) is 18.1 Å². The molecule has 0 aliphatic carbocycles. The van der Waals surface area contributed by atoms with E-state index in [0.29, 0.717) is 10.0 Å². The monoisotopic (exact) mass is 344 g/mol. The molecule has 0 spiro atoms. The van der Waals surface area contributed by atoms with Crippen LogP contribution < -0.4 is 9.47 Å². The van der Waals surface area contributed by atoms with Gasteiger partial charge in [-0.25, -0.2) is 0 Å². The molecular formula is C11H12BrF3O4. The second kappa shape index (κ2) is 6.97. The summed E-state index contributed by atoms with van der Waals surface area (Å²) in [6.45, 7) is -2.14. The number of halogens is 4. The first kappa shape index (κ1) is 16.1. The third kappa shape index (κ3) is 5.25. The summed E-state index contributed by atoms with van der Waals surface area (Å²) in [5, 5.41) is 9.01. The van der Waals surface area contributed by atoms with Gasteiger partial charge in [-0.05, 0) is 33.6 Å². The van der Waals surface area contributed by atoms with Gasteiger partial charge in [0, 0.05) is 0 Å². The molecule has 1 rings (SSSR count). The van der Waals surface area contributed by atoms with Gasteiger partial charge < -0.3 is 19.3 Å². The van der Waals surface area contributed by atoms with Crippen molar-refractivity contribution in [3.05, 3.63) is 22.2 Å². The molecule has 19 heavy (non-hydrogen) atoms. The van der Waals surface area contributed by atoms with Crippen molar-refractivity contribution < 1.29 is 32.5 Å². The normalized spacial score (nSPS) is 11.5. The molecule has 0 amide bonds. The summed E-state index contributed by atoms with van der Waals surface area (Å²) < 4.78 is 50.5. The highest BCUT2D eigenvalue weighted by Gasteiger charge is 2.27. The van der Waals surface area contributed by atoms with Gasteiger partial charge in [0.2, 0.25) is 0 Å². The number of aliphatic hydroxyl groups is 1. The molecule has 0 unspecified atom stereocenters. The standard InChI is InChI=1S/C11H12BrF3O4/c1-17-9-3-7(4-16)2-8(12)10(9)19-6-18-5-11(13,14)15/h2-3,16H,4-6H2,1H3. The number of rotatable bonds is 6. The Hall–Kier alpha value is -0.990. The molecule has 0 fully saturated rings. The first-order valence-corrected chi connectivity index (χ1v) is 5.91. The van der Waals surface area contributed by atoms with Crippen LogP contribution in [0.3, 0.4) is 0 Å². The van der Waals surface area contributed by atoms with Crippen LogP contribution >= 0.6 is 15.9 Å². The van der Waals surface area contributed by atoms with E-state index in [1.807, 2.05) is 0 Å². The minimum absolute atomic E-state index is 0.195. The lowest BCUT2D eigenvalue weighted by molar-refractivity contribution is -0.186. The first-order chi connectivity index (χ1) is 8.87. The maximum absolute atomic E-state index is 11.9. The zero-order valence-corrected chi connectivity index (χ0v) is 11.5. The van der Waals surface area contributed by atoms with E-state index in [1.165, 1.54) is 13.2 Å². The molecule has 1 aromatic carbocycles. The van der Waals surface area contributed by atoms with E-state index in [9.17, 15) is 13.2 Å². The van der Waals surface area contributed by atoms with Gasteiger partial charge in [-0.15, -0.1) is 0 Å². The van der Waals surface area contributed by atoms with E-state index in [0.717, 1.165) is 0 Å². The van der Waals surface area contributed by atoms with Crippen molar-refractivity contribution in [2.24, 2.45) is 0 Å². The van der Waals surface area contributed by atoms with E-state index in [1.54, 1.807) is 6.07 Å². The summed E-state index contributed by atoms with van der Waals surface area (Å²) in [5.74, 6) is 0.496. The van der Waals surface area contributed by atoms with Crippen LogP contribution in [-0.4, -0.2) is 31.8 Å². The number of aliphatic hydroxyl groups excluding tert-OH is 1. The minimum atomic E-state index is -4.40. The van der Waals surface area contributed by atoms with Gasteiger partial charge in [-0.1, -0.05) is 0 Å². The highest BCUT2D eigenvalue weighted by Crippen LogP contribution is 2.36. The Morgan fingerprint density at radius 2 is 2.00 bits per heavy atom. The van der Waals surface area contributed by atoms with E-state index in [4.69, 9.17) is 14.6 Å². The van der Waals surface area contributed by atoms with Gasteiger partial charge >= 0.3 is 6.18 Å². The summed E-state index contributed by atoms with van der Waals surface area (Å²) in [6.07, 6.45) is -4.40. The molecule has 4 nitrogen and oxygen atoms in total. The fourth-order valence-corrected chi connectivity index (χ4v) is 1.87. The van der Waals surface area contributed by atoms with Gasteiger partial charge in [-0.3, -0.25) is 0 Å². The number of benzene rings is 1. The lowest BCUT2D eigenvalue weighted by Crippen LogP contribution is -2.19. The van der Waals surface area contributed by atoms with Crippen LogP contribution in [0.1, 0.15) is 5.56 Å². The molecule has 108 valence electrons. The van der Waals surface area contributed by atoms with Crippen molar-refractivity contribution in [3.8, 4) is 11.5 Å². The van der Waals surface area contributed by atoms with E-state index in [2.05, 4.69) is 20.7 Å². The maximum Gasteiger partial charge on any atom is 0.411 e. The van der Waals surface area contributed by atoms with Crippen molar-refractivity contribution in [3.63, 3.8) is 0 Å². The SMILES string of the molecule is COc1cc(CO)cc(Br)c1OCOCC(F)(F)F. The molecule has 0 aliphatic rings. The van der Waals surface area contributed by atoms with Crippen LogP contribution in [-0.2, 0) is 11.3 Å². The zero-order chi connectivity index (χ0) is 14.5. The Morgan fingerprint density at radius 1 is 1.32 bits per heavy atom. The van der Waals surface area contributed by atoms with Crippen LogP contribution in [0.2, 0.25) is 0 Å². The molecule has 0 saturated heterocycles. The Balaban J connectivity index is 2.67. The van der Waals surface area contributed by atoms with Crippen molar-refractivity contribution in [2.45, 2.75) is 12.8 Å². The number of hydrogen-bond donors (Lipinski definition) is 1. The summed E-state index contributed by atoms with van der Waals surface area (Å²) >= 11 is 3.18. The van der Waals surface area contributed by atoms with Gasteiger partial charge in [0.25, 0.3) is 0 Å².